The minimum atomic E-state index is -0.298. The highest BCUT2D eigenvalue weighted by Crippen LogP contribution is 2.23. The number of nitrogens with zero attached hydrogens (tertiary/aromatic N) is 4. The predicted molar refractivity (Wildman–Crippen MR) is 102 cm³/mol. The van der Waals surface area contributed by atoms with Gasteiger partial charge in [-0.2, -0.15) is 5.10 Å². The van der Waals surface area contributed by atoms with Crippen molar-refractivity contribution in [3.8, 4) is 5.69 Å². The Kier molecular flexibility index (Phi) is 5.05. The van der Waals surface area contributed by atoms with Crippen LogP contribution in [-0.2, 0) is 0 Å². The highest BCUT2D eigenvalue weighted by Gasteiger charge is 2.10. The van der Waals surface area contributed by atoms with E-state index >= 15 is 0 Å². The molecular formula is C20H18FN5. The molecule has 5 nitrogen and oxygen atoms in total. The second kappa shape index (κ2) is 7.58. The first kappa shape index (κ1) is 17.3. The number of rotatable bonds is 6. The highest BCUT2D eigenvalue weighted by molar-refractivity contribution is 5.78. The van der Waals surface area contributed by atoms with Crippen LogP contribution in [-0.4, -0.2) is 14.8 Å². The molecule has 0 spiro atoms. The quantitative estimate of drug-likeness (QED) is 0.418. The summed E-state index contributed by atoms with van der Waals surface area (Å²) in [5.74, 6) is 5.69. The Morgan fingerprint density at radius 2 is 1.73 bits per heavy atom. The van der Waals surface area contributed by atoms with Gasteiger partial charge in [0, 0.05) is 18.6 Å². The van der Waals surface area contributed by atoms with E-state index < -0.39 is 0 Å². The fourth-order valence-electron chi connectivity index (χ4n) is 2.36. The van der Waals surface area contributed by atoms with E-state index in [0.29, 0.717) is 11.1 Å². The van der Waals surface area contributed by atoms with Crippen molar-refractivity contribution >= 4 is 11.3 Å². The average Bonchev–Trinajstić information content (AvgIpc) is 3.16. The van der Waals surface area contributed by atoms with Crippen LogP contribution in [0.2, 0.25) is 0 Å². The van der Waals surface area contributed by atoms with Crippen LogP contribution in [0.3, 0.4) is 0 Å². The van der Waals surface area contributed by atoms with Gasteiger partial charge in [-0.3, -0.25) is 9.99 Å². The minimum Gasteiger partial charge on any atom is -0.287 e. The summed E-state index contributed by atoms with van der Waals surface area (Å²) in [5.41, 5.74) is 3.66. The number of halogens is 1. The average molecular weight is 347 g/mol. The van der Waals surface area contributed by atoms with Gasteiger partial charge in [-0.05, 0) is 59.7 Å². The maximum atomic E-state index is 13.1. The first-order chi connectivity index (χ1) is 12.6. The SMILES string of the molecule is C=C(/C=C\N(N)c1ccncc1)C(=C)c1ccnn1-c1ccc(F)cc1. The van der Waals surface area contributed by atoms with Gasteiger partial charge in [-0.25, -0.2) is 14.9 Å². The summed E-state index contributed by atoms with van der Waals surface area (Å²) < 4.78 is 14.8. The Morgan fingerprint density at radius 3 is 2.42 bits per heavy atom. The van der Waals surface area contributed by atoms with Gasteiger partial charge >= 0.3 is 0 Å². The molecule has 0 bridgehead atoms. The lowest BCUT2D eigenvalue weighted by molar-refractivity contribution is 0.627. The molecule has 2 heterocycles. The highest BCUT2D eigenvalue weighted by atomic mass is 19.1. The summed E-state index contributed by atoms with van der Waals surface area (Å²) in [4.78, 5) is 3.96. The molecule has 2 aromatic heterocycles. The topological polar surface area (TPSA) is 60.0 Å². The second-order valence-corrected chi connectivity index (χ2v) is 5.54. The monoisotopic (exact) mass is 347 g/mol. The van der Waals surface area contributed by atoms with Crippen molar-refractivity contribution in [2.24, 2.45) is 5.84 Å². The number of anilines is 1. The van der Waals surface area contributed by atoms with Crippen LogP contribution in [0, 0.1) is 5.82 Å². The molecule has 0 aliphatic carbocycles. The van der Waals surface area contributed by atoms with Crippen molar-refractivity contribution in [3.63, 3.8) is 0 Å². The summed E-state index contributed by atoms with van der Waals surface area (Å²) >= 11 is 0. The number of nitrogens with two attached hydrogens (primary N) is 1. The van der Waals surface area contributed by atoms with E-state index in [1.165, 1.54) is 17.1 Å². The first-order valence-corrected chi connectivity index (χ1v) is 7.87. The molecule has 0 saturated heterocycles. The summed E-state index contributed by atoms with van der Waals surface area (Å²) in [7, 11) is 0. The second-order valence-electron chi connectivity index (χ2n) is 5.54. The van der Waals surface area contributed by atoms with Crippen LogP contribution < -0.4 is 10.9 Å². The lowest BCUT2D eigenvalue weighted by Crippen LogP contribution is -2.23. The van der Waals surface area contributed by atoms with Crippen molar-refractivity contribution in [2.45, 2.75) is 0 Å². The Balaban J connectivity index is 1.77. The number of pyridine rings is 1. The molecule has 26 heavy (non-hydrogen) atoms. The van der Waals surface area contributed by atoms with Gasteiger partial charge in [0.25, 0.3) is 0 Å². The van der Waals surface area contributed by atoms with Crippen molar-refractivity contribution in [1.29, 1.82) is 0 Å². The lowest BCUT2D eigenvalue weighted by atomic mass is 10.1. The van der Waals surface area contributed by atoms with Crippen LogP contribution in [0.15, 0.2) is 92.1 Å². The van der Waals surface area contributed by atoms with Crippen molar-refractivity contribution in [1.82, 2.24) is 14.8 Å². The molecule has 0 aliphatic heterocycles. The van der Waals surface area contributed by atoms with Crippen LogP contribution in [0.5, 0.6) is 0 Å². The standard InChI is InChI=1S/C20H18FN5/c1-15(10-14-25(22)18-7-11-23-12-8-18)16(2)20-9-13-24-26(20)19-5-3-17(21)4-6-19/h3-14H,1-2,22H2/b14-10-. The van der Waals surface area contributed by atoms with Crippen LogP contribution in [0.1, 0.15) is 5.69 Å². The fourth-order valence-corrected chi connectivity index (χ4v) is 2.36. The third kappa shape index (κ3) is 3.76. The summed E-state index contributed by atoms with van der Waals surface area (Å²) in [5, 5.41) is 5.76. The zero-order valence-corrected chi connectivity index (χ0v) is 14.1. The van der Waals surface area contributed by atoms with Crippen molar-refractivity contribution in [3.05, 3.63) is 104 Å². The molecule has 1 aromatic carbocycles. The summed E-state index contributed by atoms with van der Waals surface area (Å²) in [6, 6.07) is 11.5. The van der Waals surface area contributed by atoms with Gasteiger partial charge in [0.2, 0.25) is 0 Å². The van der Waals surface area contributed by atoms with Crippen LogP contribution in [0.25, 0.3) is 11.3 Å². The summed E-state index contributed by atoms with van der Waals surface area (Å²) in [6.45, 7) is 8.14. The van der Waals surface area contributed by atoms with Crippen LogP contribution >= 0.6 is 0 Å². The normalized spacial score (nSPS) is 10.8. The number of hydrogen-bond donors (Lipinski definition) is 1. The van der Waals surface area contributed by atoms with Gasteiger partial charge in [-0.1, -0.05) is 13.2 Å². The molecule has 3 rings (SSSR count). The van der Waals surface area contributed by atoms with Gasteiger partial charge in [0.15, 0.2) is 0 Å². The number of aromatic nitrogens is 3. The van der Waals surface area contributed by atoms with E-state index in [9.17, 15) is 4.39 Å². The minimum absolute atomic E-state index is 0.298. The fraction of sp³-hybridized carbons (Fsp3) is 0. The smallest absolute Gasteiger partial charge is 0.123 e. The molecule has 0 radical (unpaired) electrons. The van der Waals surface area contributed by atoms with Crippen LogP contribution in [0.4, 0.5) is 10.1 Å². The summed E-state index contributed by atoms with van der Waals surface area (Å²) in [6.07, 6.45) is 8.45. The Bertz CT molecular complexity index is 942. The van der Waals surface area contributed by atoms with E-state index in [1.807, 2.05) is 6.07 Å². The predicted octanol–water partition coefficient (Wildman–Crippen LogP) is 3.87. The van der Waals surface area contributed by atoms with Gasteiger partial charge in [-0.15, -0.1) is 0 Å². The molecule has 0 amide bonds. The zero-order valence-electron chi connectivity index (χ0n) is 14.1. The molecule has 0 fully saturated rings. The maximum absolute atomic E-state index is 13.1. The third-order valence-electron chi connectivity index (χ3n) is 3.81. The van der Waals surface area contributed by atoms with E-state index in [4.69, 9.17) is 5.84 Å². The van der Waals surface area contributed by atoms with E-state index in [2.05, 4.69) is 23.2 Å². The molecule has 3 aromatic rings. The third-order valence-corrected chi connectivity index (χ3v) is 3.81. The van der Waals surface area contributed by atoms with Gasteiger partial charge in [0.1, 0.15) is 5.82 Å². The lowest BCUT2D eigenvalue weighted by Gasteiger charge is -2.14. The molecule has 2 N–H and O–H groups in total. The van der Waals surface area contributed by atoms with E-state index in [0.717, 1.165) is 17.1 Å². The van der Waals surface area contributed by atoms with E-state index in [-0.39, 0.29) is 5.82 Å². The van der Waals surface area contributed by atoms with Crippen molar-refractivity contribution in [2.75, 3.05) is 5.01 Å². The first-order valence-electron chi connectivity index (χ1n) is 7.87. The Labute approximate surface area is 151 Å². The number of benzene rings is 1. The van der Waals surface area contributed by atoms with Gasteiger partial charge in [0.05, 0.1) is 23.3 Å². The van der Waals surface area contributed by atoms with Crippen molar-refractivity contribution < 1.29 is 4.39 Å². The molecule has 0 saturated carbocycles. The van der Waals surface area contributed by atoms with Gasteiger partial charge < -0.3 is 0 Å². The Hall–Kier alpha value is -3.51. The van der Waals surface area contributed by atoms with E-state index in [1.54, 1.807) is 59.8 Å². The number of hydrazine groups is 1. The Morgan fingerprint density at radius 1 is 1.04 bits per heavy atom. The molecule has 0 unspecified atom stereocenters. The number of hydrogen-bond acceptors (Lipinski definition) is 4. The number of allylic oxidation sites excluding steroid dienone is 3. The molecule has 0 atom stereocenters. The molecular weight excluding hydrogens is 329 g/mol. The maximum Gasteiger partial charge on any atom is 0.123 e. The molecule has 6 heteroatoms. The zero-order chi connectivity index (χ0) is 18.5. The molecule has 0 aliphatic rings. The molecule has 130 valence electrons. The largest absolute Gasteiger partial charge is 0.287 e.